The number of primary amides is 1. The van der Waals surface area contributed by atoms with Gasteiger partial charge < -0.3 is 16.2 Å². The van der Waals surface area contributed by atoms with Crippen LogP contribution in [0.4, 0.5) is 0 Å². The van der Waals surface area contributed by atoms with Crippen molar-refractivity contribution in [2.24, 2.45) is 11.5 Å². The number of nitrogens with two attached hydrogens (primary N) is 2. The summed E-state index contributed by atoms with van der Waals surface area (Å²) in [5, 5.41) is 0.440. The number of hydrogen-bond acceptors (Lipinski definition) is 3. The average Bonchev–Trinajstić information content (AvgIpc) is 2.18. The lowest BCUT2D eigenvalue weighted by Gasteiger charge is -2.12. The number of carbonyl (C=O) groups is 1. The molecule has 1 atom stereocenters. The number of halogens is 1. The zero-order chi connectivity index (χ0) is 11.4. The van der Waals surface area contributed by atoms with Gasteiger partial charge in [0, 0.05) is 6.54 Å². The molecular formula is C10H13ClN2O2. The molecule has 1 aromatic carbocycles. The molecule has 1 unspecified atom stereocenters. The van der Waals surface area contributed by atoms with Gasteiger partial charge in [-0.25, -0.2) is 0 Å². The zero-order valence-electron chi connectivity index (χ0n) is 8.37. The molecule has 0 fully saturated rings. The van der Waals surface area contributed by atoms with Crippen molar-refractivity contribution in [3.63, 3.8) is 0 Å². The number of ether oxygens (including phenoxy) is 1. The molecule has 1 amide bonds. The van der Waals surface area contributed by atoms with E-state index in [1.807, 2.05) is 0 Å². The minimum Gasteiger partial charge on any atom is -0.495 e. The lowest BCUT2D eigenvalue weighted by molar-refractivity contribution is -0.119. The molecule has 4 nitrogen and oxygen atoms in total. The maximum Gasteiger partial charge on any atom is 0.226 e. The molecule has 5 heteroatoms. The van der Waals surface area contributed by atoms with Gasteiger partial charge in [-0.15, -0.1) is 0 Å². The van der Waals surface area contributed by atoms with Gasteiger partial charge in [0.05, 0.1) is 18.1 Å². The Balaban J connectivity index is 3.05. The summed E-state index contributed by atoms with van der Waals surface area (Å²) in [7, 11) is 1.52. The fourth-order valence-corrected chi connectivity index (χ4v) is 1.58. The van der Waals surface area contributed by atoms with Gasteiger partial charge in [-0.05, 0) is 17.7 Å². The summed E-state index contributed by atoms with van der Waals surface area (Å²) >= 11 is 5.92. The van der Waals surface area contributed by atoms with E-state index >= 15 is 0 Å². The van der Waals surface area contributed by atoms with Gasteiger partial charge in [0.15, 0.2) is 0 Å². The van der Waals surface area contributed by atoms with Gasteiger partial charge >= 0.3 is 0 Å². The van der Waals surface area contributed by atoms with Gasteiger partial charge in [-0.3, -0.25) is 4.79 Å². The van der Waals surface area contributed by atoms with Crippen molar-refractivity contribution in [3.05, 3.63) is 28.8 Å². The van der Waals surface area contributed by atoms with Crippen LogP contribution in [0.25, 0.3) is 0 Å². The normalized spacial score (nSPS) is 12.2. The molecule has 0 aliphatic carbocycles. The summed E-state index contributed by atoms with van der Waals surface area (Å²) < 4.78 is 4.99. The molecule has 82 valence electrons. The van der Waals surface area contributed by atoms with Crippen LogP contribution in [0.3, 0.4) is 0 Å². The predicted octanol–water partition coefficient (Wildman–Crippen LogP) is 0.876. The maximum absolute atomic E-state index is 11.1. The van der Waals surface area contributed by atoms with Crippen LogP contribution in [0.5, 0.6) is 5.75 Å². The molecule has 0 radical (unpaired) electrons. The van der Waals surface area contributed by atoms with Crippen molar-refractivity contribution in [1.82, 2.24) is 0 Å². The molecule has 1 rings (SSSR count). The van der Waals surface area contributed by atoms with E-state index in [2.05, 4.69) is 0 Å². The summed E-state index contributed by atoms with van der Waals surface area (Å²) in [4.78, 5) is 11.1. The molecular weight excluding hydrogens is 216 g/mol. The highest BCUT2D eigenvalue weighted by Gasteiger charge is 2.16. The van der Waals surface area contributed by atoms with Crippen LogP contribution in [0.15, 0.2) is 18.2 Å². The number of carbonyl (C=O) groups excluding carboxylic acids is 1. The van der Waals surface area contributed by atoms with Crippen LogP contribution >= 0.6 is 11.6 Å². The van der Waals surface area contributed by atoms with Crippen molar-refractivity contribution >= 4 is 17.5 Å². The van der Waals surface area contributed by atoms with Crippen molar-refractivity contribution in [3.8, 4) is 5.75 Å². The van der Waals surface area contributed by atoms with E-state index < -0.39 is 11.8 Å². The monoisotopic (exact) mass is 228 g/mol. The first-order valence-corrected chi connectivity index (χ1v) is 4.80. The number of benzene rings is 1. The Morgan fingerprint density at radius 2 is 2.27 bits per heavy atom. The quantitative estimate of drug-likeness (QED) is 0.803. The first-order valence-electron chi connectivity index (χ1n) is 4.43. The molecule has 1 aromatic rings. The van der Waals surface area contributed by atoms with Crippen molar-refractivity contribution < 1.29 is 9.53 Å². The largest absolute Gasteiger partial charge is 0.495 e. The second-order valence-corrected chi connectivity index (χ2v) is 3.49. The molecule has 0 aromatic heterocycles. The summed E-state index contributed by atoms with van der Waals surface area (Å²) in [5.74, 6) is -0.409. The lowest BCUT2D eigenvalue weighted by atomic mass is 9.99. The van der Waals surface area contributed by atoms with Crippen LogP contribution in [0.2, 0.25) is 5.02 Å². The predicted molar refractivity (Wildman–Crippen MR) is 59.0 cm³/mol. The maximum atomic E-state index is 11.1. The van der Waals surface area contributed by atoms with Gasteiger partial charge in [0.1, 0.15) is 5.75 Å². The summed E-state index contributed by atoms with van der Waals surface area (Å²) in [6, 6.07) is 5.05. The van der Waals surface area contributed by atoms with Crippen molar-refractivity contribution in [1.29, 1.82) is 0 Å². The Kier molecular flexibility index (Phi) is 3.94. The van der Waals surface area contributed by atoms with E-state index in [9.17, 15) is 4.79 Å². The van der Waals surface area contributed by atoms with Gasteiger partial charge in [-0.2, -0.15) is 0 Å². The van der Waals surface area contributed by atoms with E-state index in [0.717, 1.165) is 0 Å². The SMILES string of the molecule is COc1ccc(C(CN)C(N)=O)cc1Cl. The van der Waals surface area contributed by atoms with Crippen LogP contribution in [-0.4, -0.2) is 19.6 Å². The number of methoxy groups -OCH3 is 1. The van der Waals surface area contributed by atoms with E-state index in [1.165, 1.54) is 7.11 Å². The molecule has 0 spiro atoms. The molecule has 0 saturated heterocycles. The summed E-state index contributed by atoms with van der Waals surface area (Å²) in [5.41, 5.74) is 11.4. The van der Waals surface area contributed by atoms with Crippen LogP contribution in [0, 0.1) is 0 Å². The Hall–Kier alpha value is -1.26. The Morgan fingerprint density at radius 1 is 1.60 bits per heavy atom. The third-order valence-electron chi connectivity index (χ3n) is 2.16. The van der Waals surface area contributed by atoms with Crippen LogP contribution in [-0.2, 0) is 4.79 Å². The van der Waals surface area contributed by atoms with E-state index in [0.29, 0.717) is 16.3 Å². The molecule has 0 heterocycles. The third-order valence-corrected chi connectivity index (χ3v) is 2.45. The van der Waals surface area contributed by atoms with Crippen LogP contribution in [0.1, 0.15) is 11.5 Å². The Labute approximate surface area is 93.1 Å². The minimum absolute atomic E-state index is 0.165. The first kappa shape index (κ1) is 11.8. The summed E-state index contributed by atoms with van der Waals surface area (Å²) in [6.07, 6.45) is 0. The van der Waals surface area contributed by atoms with E-state index in [4.69, 9.17) is 27.8 Å². The van der Waals surface area contributed by atoms with Crippen molar-refractivity contribution in [2.45, 2.75) is 5.92 Å². The highest BCUT2D eigenvalue weighted by molar-refractivity contribution is 6.32. The minimum atomic E-state index is -0.506. The second kappa shape index (κ2) is 5.00. The summed E-state index contributed by atoms with van der Waals surface area (Å²) in [6.45, 7) is 0.165. The number of amides is 1. The van der Waals surface area contributed by atoms with Gasteiger partial charge in [-0.1, -0.05) is 17.7 Å². The molecule has 4 N–H and O–H groups in total. The lowest BCUT2D eigenvalue weighted by Crippen LogP contribution is -2.27. The molecule has 0 aliphatic rings. The number of rotatable bonds is 4. The highest BCUT2D eigenvalue weighted by Crippen LogP contribution is 2.27. The van der Waals surface area contributed by atoms with Crippen molar-refractivity contribution in [2.75, 3.05) is 13.7 Å². The smallest absolute Gasteiger partial charge is 0.226 e. The Morgan fingerprint density at radius 3 is 2.67 bits per heavy atom. The second-order valence-electron chi connectivity index (χ2n) is 3.08. The topological polar surface area (TPSA) is 78.3 Å². The average molecular weight is 229 g/mol. The molecule has 0 aliphatic heterocycles. The fourth-order valence-electron chi connectivity index (χ4n) is 1.32. The van der Waals surface area contributed by atoms with Gasteiger partial charge in [0.25, 0.3) is 0 Å². The molecule has 0 bridgehead atoms. The third kappa shape index (κ3) is 2.61. The highest BCUT2D eigenvalue weighted by atomic mass is 35.5. The molecule has 0 saturated carbocycles. The number of hydrogen-bond donors (Lipinski definition) is 2. The van der Waals surface area contributed by atoms with E-state index in [-0.39, 0.29) is 6.54 Å². The standard InChI is InChI=1S/C10H13ClN2O2/c1-15-9-3-2-6(4-8(9)11)7(5-12)10(13)14/h2-4,7H,5,12H2,1H3,(H2,13,14). The fraction of sp³-hybridized carbons (Fsp3) is 0.300. The van der Waals surface area contributed by atoms with Crippen LogP contribution < -0.4 is 16.2 Å². The van der Waals surface area contributed by atoms with E-state index in [1.54, 1.807) is 18.2 Å². The zero-order valence-corrected chi connectivity index (χ0v) is 9.12. The Bertz CT molecular complexity index is 368. The molecule has 15 heavy (non-hydrogen) atoms. The van der Waals surface area contributed by atoms with Gasteiger partial charge in [0.2, 0.25) is 5.91 Å². The first-order chi connectivity index (χ1) is 7.10.